The first-order valence-electron chi connectivity index (χ1n) is 8.43. The highest BCUT2D eigenvalue weighted by Gasteiger charge is 2.21. The summed E-state index contributed by atoms with van der Waals surface area (Å²) in [6.45, 7) is 0. The van der Waals surface area contributed by atoms with Crippen molar-refractivity contribution in [1.29, 1.82) is 5.41 Å². The van der Waals surface area contributed by atoms with Gasteiger partial charge in [-0.25, -0.2) is 4.98 Å². The van der Waals surface area contributed by atoms with Crippen molar-refractivity contribution in [2.24, 2.45) is 7.05 Å². The van der Waals surface area contributed by atoms with E-state index in [-0.39, 0.29) is 28.6 Å². The number of carbonyl (C=O) groups is 1. The van der Waals surface area contributed by atoms with Crippen LogP contribution in [-0.4, -0.2) is 25.9 Å². The van der Waals surface area contributed by atoms with Gasteiger partial charge in [0, 0.05) is 19.3 Å². The molecule has 0 radical (unpaired) electrons. The number of carbonyl (C=O) groups excluding carboxylic acids is 1. The maximum atomic E-state index is 12.8. The number of rotatable bonds is 2. The molecule has 2 N–H and O–H groups in total. The van der Waals surface area contributed by atoms with Gasteiger partial charge in [0.15, 0.2) is 0 Å². The molecule has 128 valence electrons. The predicted molar refractivity (Wildman–Crippen MR) is 93.5 cm³/mol. The lowest BCUT2D eigenvalue weighted by Crippen LogP contribution is -2.38. The average Bonchev–Trinajstić information content (AvgIpc) is 3.11. The number of fused-ring (bicyclic) bond motifs is 2. The average molecular weight is 337 g/mol. The first kappa shape index (κ1) is 15.6. The molecule has 4 rings (SSSR count). The Bertz CT molecular complexity index is 1110. The van der Waals surface area contributed by atoms with E-state index < -0.39 is 0 Å². The van der Waals surface area contributed by atoms with E-state index in [0.29, 0.717) is 16.7 Å². The third-order valence-corrected chi connectivity index (χ3v) is 4.88. The van der Waals surface area contributed by atoms with Gasteiger partial charge in [0.1, 0.15) is 16.8 Å². The van der Waals surface area contributed by atoms with Crippen LogP contribution in [0.15, 0.2) is 35.3 Å². The number of nitrogens with zero attached hydrogens (tertiary/aromatic N) is 3. The highest BCUT2D eigenvalue weighted by molar-refractivity contribution is 5.97. The van der Waals surface area contributed by atoms with Crippen molar-refractivity contribution in [2.75, 3.05) is 0 Å². The fourth-order valence-electron chi connectivity index (χ4n) is 3.48. The predicted octanol–water partition coefficient (Wildman–Crippen LogP) is 1.34. The second-order valence-corrected chi connectivity index (χ2v) is 6.50. The van der Waals surface area contributed by atoms with Crippen molar-refractivity contribution >= 4 is 22.6 Å². The van der Waals surface area contributed by atoms with E-state index in [1.54, 1.807) is 31.4 Å². The number of pyridine rings is 2. The van der Waals surface area contributed by atoms with E-state index in [0.717, 1.165) is 25.7 Å². The number of hydrogen-bond acceptors (Lipinski definition) is 4. The molecule has 0 bridgehead atoms. The summed E-state index contributed by atoms with van der Waals surface area (Å²) in [5.74, 6) is -0.299. The van der Waals surface area contributed by atoms with Crippen LogP contribution >= 0.6 is 0 Å². The third-order valence-electron chi connectivity index (χ3n) is 4.88. The summed E-state index contributed by atoms with van der Waals surface area (Å²) in [5.41, 5.74) is 0.926. The first-order valence-corrected chi connectivity index (χ1v) is 8.43. The lowest BCUT2D eigenvalue weighted by molar-refractivity contribution is 0.0935. The Morgan fingerprint density at radius 2 is 2.08 bits per heavy atom. The standard InChI is InChI=1S/C18H19N5O2/c1-22-15(19)12(17(24)20-11-6-2-3-7-11)10-13-16(22)21-14-8-4-5-9-23(14)18(13)25/h4-5,8-11,19H,2-3,6-7H2,1H3,(H,20,24). The molecule has 25 heavy (non-hydrogen) atoms. The van der Waals surface area contributed by atoms with Crippen LogP contribution in [0.4, 0.5) is 0 Å². The fraction of sp³-hybridized carbons (Fsp3) is 0.333. The quantitative estimate of drug-likeness (QED) is 0.691. The molecule has 7 heteroatoms. The van der Waals surface area contributed by atoms with Crippen LogP contribution in [0.1, 0.15) is 36.0 Å². The van der Waals surface area contributed by atoms with E-state index in [1.807, 2.05) is 0 Å². The number of amides is 1. The van der Waals surface area contributed by atoms with Crippen LogP contribution < -0.4 is 16.4 Å². The fourth-order valence-corrected chi connectivity index (χ4v) is 3.48. The van der Waals surface area contributed by atoms with Crippen molar-refractivity contribution in [1.82, 2.24) is 19.3 Å². The Morgan fingerprint density at radius 1 is 1.32 bits per heavy atom. The van der Waals surface area contributed by atoms with Gasteiger partial charge in [0.25, 0.3) is 11.5 Å². The van der Waals surface area contributed by atoms with Gasteiger partial charge in [0.2, 0.25) is 0 Å². The van der Waals surface area contributed by atoms with Crippen LogP contribution in [0.3, 0.4) is 0 Å². The van der Waals surface area contributed by atoms with Crippen molar-refractivity contribution in [3.05, 3.63) is 51.9 Å². The van der Waals surface area contributed by atoms with E-state index in [9.17, 15) is 9.59 Å². The lowest BCUT2D eigenvalue weighted by Gasteiger charge is -2.14. The molecule has 3 aromatic heterocycles. The number of hydrogen-bond donors (Lipinski definition) is 2. The number of nitrogens with one attached hydrogen (secondary N) is 2. The van der Waals surface area contributed by atoms with Gasteiger partial charge in [-0.1, -0.05) is 18.9 Å². The molecule has 1 saturated carbocycles. The molecule has 3 aromatic rings. The number of aromatic nitrogens is 3. The molecule has 1 fully saturated rings. The van der Waals surface area contributed by atoms with Crippen molar-refractivity contribution in [3.8, 4) is 0 Å². The van der Waals surface area contributed by atoms with E-state index >= 15 is 0 Å². The maximum Gasteiger partial charge on any atom is 0.267 e. The largest absolute Gasteiger partial charge is 0.349 e. The molecule has 1 aliphatic rings. The Balaban J connectivity index is 1.91. The minimum atomic E-state index is -0.299. The van der Waals surface area contributed by atoms with Crippen LogP contribution in [0.25, 0.3) is 16.7 Å². The van der Waals surface area contributed by atoms with Crippen molar-refractivity contribution < 1.29 is 4.79 Å². The summed E-state index contributed by atoms with van der Waals surface area (Å²) in [5, 5.41) is 11.6. The highest BCUT2D eigenvalue weighted by atomic mass is 16.2. The van der Waals surface area contributed by atoms with Gasteiger partial charge in [0.05, 0.1) is 10.9 Å². The van der Waals surface area contributed by atoms with Crippen LogP contribution in [0.2, 0.25) is 0 Å². The molecule has 0 spiro atoms. The Hall–Kier alpha value is -2.96. The van der Waals surface area contributed by atoms with E-state index in [4.69, 9.17) is 5.41 Å². The molecule has 3 heterocycles. The first-order chi connectivity index (χ1) is 12.1. The highest BCUT2D eigenvalue weighted by Crippen LogP contribution is 2.18. The summed E-state index contributed by atoms with van der Waals surface area (Å²) in [4.78, 5) is 29.9. The topological polar surface area (TPSA) is 92.2 Å². The Morgan fingerprint density at radius 3 is 2.84 bits per heavy atom. The van der Waals surface area contributed by atoms with Gasteiger partial charge < -0.3 is 9.88 Å². The van der Waals surface area contributed by atoms with E-state index in [1.165, 1.54) is 15.0 Å². The molecular formula is C18H19N5O2. The van der Waals surface area contributed by atoms with Gasteiger partial charge in [-0.15, -0.1) is 0 Å². The van der Waals surface area contributed by atoms with Crippen molar-refractivity contribution in [2.45, 2.75) is 31.7 Å². The zero-order chi connectivity index (χ0) is 17.6. The molecule has 0 saturated heterocycles. The second kappa shape index (κ2) is 5.84. The molecule has 1 amide bonds. The summed E-state index contributed by atoms with van der Waals surface area (Å²) >= 11 is 0. The van der Waals surface area contributed by atoms with Gasteiger partial charge >= 0.3 is 0 Å². The molecule has 0 aromatic carbocycles. The van der Waals surface area contributed by atoms with E-state index in [2.05, 4.69) is 10.3 Å². The SMILES string of the molecule is Cn1c(=N)c(C(=O)NC2CCCC2)cc2c(=O)n3ccccc3nc21. The smallest absolute Gasteiger partial charge is 0.267 e. The molecular weight excluding hydrogens is 318 g/mol. The van der Waals surface area contributed by atoms with Crippen molar-refractivity contribution in [3.63, 3.8) is 0 Å². The summed E-state index contributed by atoms with van der Waals surface area (Å²) in [6.07, 6.45) is 5.81. The monoisotopic (exact) mass is 337 g/mol. The second-order valence-electron chi connectivity index (χ2n) is 6.50. The third kappa shape index (κ3) is 2.52. The normalized spacial score (nSPS) is 15.1. The molecule has 0 aliphatic heterocycles. The van der Waals surface area contributed by atoms with Crippen LogP contribution in [-0.2, 0) is 7.05 Å². The minimum absolute atomic E-state index is 0.0511. The Labute approximate surface area is 143 Å². The van der Waals surface area contributed by atoms with Crippen LogP contribution in [0, 0.1) is 5.41 Å². The van der Waals surface area contributed by atoms with Gasteiger partial charge in [-0.2, -0.15) is 0 Å². The molecule has 7 nitrogen and oxygen atoms in total. The summed E-state index contributed by atoms with van der Waals surface area (Å²) in [7, 11) is 1.66. The summed E-state index contributed by atoms with van der Waals surface area (Å²) in [6, 6.07) is 6.96. The molecule has 0 unspecified atom stereocenters. The Kier molecular flexibility index (Phi) is 3.63. The van der Waals surface area contributed by atoms with Crippen LogP contribution in [0.5, 0.6) is 0 Å². The number of aryl methyl sites for hydroxylation is 1. The minimum Gasteiger partial charge on any atom is -0.349 e. The molecule has 1 aliphatic carbocycles. The zero-order valence-corrected chi connectivity index (χ0v) is 14.0. The maximum absolute atomic E-state index is 12.8. The lowest BCUT2D eigenvalue weighted by atomic mass is 10.1. The van der Waals surface area contributed by atoms with Gasteiger partial charge in [-0.3, -0.25) is 19.4 Å². The summed E-state index contributed by atoms with van der Waals surface area (Å²) < 4.78 is 2.94. The zero-order valence-electron chi connectivity index (χ0n) is 14.0. The molecule has 0 atom stereocenters. The van der Waals surface area contributed by atoms with Gasteiger partial charge in [-0.05, 0) is 31.0 Å².